The molecule has 1 unspecified atom stereocenters. The van der Waals surface area contributed by atoms with E-state index >= 15 is 0 Å². The third-order valence-corrected chi connectivity index (χ3v) is 3.15. The third kappa shape index (κ3) is 3.52. The molecule has 2 aromatic carbocycles. The standard InChI is InChI=1S/C17H19FO3/c1-3-10-21-13-7-4-6-12(11-13)17(19)14-8-5-9-15(20-2)16(14)18/h4-9,11,17,19H,3,10H2,1-2H3. The molecule has 1 N–H and O–H groups in total. The zero-order valence-electron chi connectivity index (χ0n) is 12.2. The van der Waals surface area contributed by atoms with Crippen LogP contribution in [0.5, 0.6) is 11.5 Å². The molecule has 0 saturated heterocycles. The lowest BCUT2D eigenvalue weighted by Gasteiger charge is -2.15. The van der Waals surface area contributed by atoms with Crippen LogP contribution in [0.4, 0.5) is 4.39 Å². The predicted octanol–water partition coefficient (Wildman–Crippen LogP) is 3.70. The summed E-state index contributed by atoms with van der Waals surface area (Å²) in [5, 5.41) is 10.4. The summed E-state index contributed by atoms with van der Waals surface area (Å²) in [4.78, 5) is 0. The Hall–Kier alpha value is -2.07. The first-order valence-electron chi connectivity index (χ1n) is 6.90. The molecule has 0 aliphatic carbocycles. The quantitative estimate of drug-likeness (QED) is 0.881. The summed E-state index contributed by atoms with van der Waals surface area (Å²) in [5.74, 6) is 0.231. The number of aliphatic hydroxyl groups is 1. The maximum Gasteiger partial charge on any atom is 0.171 e. The van der Waals surface area contributed by atoms with E-state index in [0.29, 0.717) is 17.9 Å². The van der Waals surface area contributed by atoms with Crippen molar-refractivity contribution in [2.45, 2.75) is 19.4 Å². The summed E-state index contributed by atoms with van der Waals surface area (Å²) in [7, 11) is 1.40. The number of halogens is 1. The smallest absolute Gasteiger partial charge is 0.171 e. The third-order valence-electron chi connectivity index (χ3n) is 3.15. The molecule has 0 aliphatic heterocycles. The van der Waals surface area contributed by atoms with Gasteiger partial charge in [-0.2, -0.15) is 0 Å². The van der Waals surface area contributed by atoms with Gasteiger partial charge >= 0.3 is 0 Å². The molecule has 0 spiro atoms. The van der Waals surface area contributed by atoms with Gasteiger partial charge in [0.25, 0.3) is 0 Å². The molecule has 0 aliphatic rings. The minimum Gasteiger partial charge on any atom is -0.494 e. The summed E-state index contributed by atoms with van der Waals surface area (Å²) < 4.78 is 24.7. The molecule has 0 bridgehead atoms. The summed E-state index contributed by atoms with van der Waals surface area (Å²) in [6.07, 6.45) is -0.164. The van der Waals surface area contributed by atoms with Crippen LogP contribution in [0.3, 0.4) is 0 Å². The molecule has 0 fully saturated rings. The first-order chi connectivity index (χ1) is 10.2. The van der Waals surface area contributed by atoms with Crippen LogP contribution in [0.2, 0.25) is 0 Å². The molecule has 4 heteroatoms. The molecule has 1 atom stereocenters. The van der Waals surface area contributed by atoms with E-state index in [4.69, 9.17) is 9.47 Å². The van der Waals surface area contributed by atoms with Gasteiger partial charge in [-0.15, -0.1) is 0 Å². The van der Waals surface area contributed by atoms with E-state index in [9.17, 15) is 9.50 Å². The van der Waals surface area contributed by atoms with E-state index in [0.717, 1.165) is 6.42 Å². The van der Waals surface area contributed by atoms with Crippen LogP contribution in [-0.4, -0.2) is 18.8 Å². The largest absolute Gasteiger partial charge is 0.494 e. The molecule has 0 radical (unpaired) electrons. The van der Waals surface area contributed by atoms with Gasteiger partial charge in [0.1, 0.15) is 11.9 Å². The van der Waals surface area contributed by atoms with Gasteiger partial charge in [0, 0.05) is 5.56 Å². The molecule has 0 amide bonds. The Labute approximate surface area is 124 Å². The zero-order chi connectivity index (χ0) is 15.2. The van der Waals surface area contributed by atoms with Gasteiger partial charge in [0.05, 0.1) is 13.7 Å². The van der Waals surface area contributed by atoms with Crippen molar-refractivity contribution < 1.29 is 19.0 Å². The van der Waals surface area contributed by atoms with Crippen LogP contribution < -0.4 is 9.47 Å². The van der Waals surface area contributed by atoms with E-state index in [2.05, 4.69) is 0 Å². The average molecular weight is 290 g/mol. The van der Waals surface area contributed by atoms with Crippen LogP contribution in [0.25, 0.3) is 0 Å². The highest BCUT2D eigenvalue weighted by atomic mass is 19.1. The second kappa shape index (κ2) is 7.09. The Balaban J connectivity index is 2.29. The van der Waals surface area contributed by atoms with Gasteiger partial charge < -0.3 is 14.6 Å². The average Bonchev–Trinajstić information content (AvgIpc) is 2.53. The fourth-order valence-corrected chi connectivity index (χ4v) is 2.07. The van der Waals surface area contributed by atoms with E-state index in [1.54, 1.807) is 30.3 Å². The minimum atomic E-state index is -1.06. The second-order valence-corrected chi connectivity index (χ2v) is 4.69. The summed E-state index contributed by atoms with van der Waals surface area (Å²) in [5.41, 5.74) is 0.762. The summed E-state index contributed by atoms with van der Waals surface area (Å²) in [6.45, 7) is 2.62. The van der Waals surface area contributed by atoms with Gasteiger partial charge in [-0.1, -0.05) is 31.2 Å². The SMILES string of the molecule is CCCOc1cccc(C(O)c2cccc(OC)c2F)c1. The summed E-state index contributed by atoms with van der Waals surface area (Å²) in [6, 6.07) is 11.8. The number of benzene rings is 2. The lowest BCUT2D eigenvalue weighted by atomic mass is 10.0. The maximum absolute atomic E-state index is 14.2. The topological polar surface area (TPSA) is 38.7 Å². The molecule has 21 heavy (non-hydrogen) atoms. The van der Waals surface area contributed by atoms with Gasteiger partial charge in [-0.25, -0.2) is 4.39 Å². The zero-order valence-corrected chi connectivity index (χ0v) is 12.2. The van der Waals surface area contributed by atoms with Crippen LogP contribution >= 0.6 is 0 Å². The number of hydrogen-bond acceptors (Lipinski definition) is 3. The Morgan fingerprint density at radius 1 is 1.19 bits per heavy atom. The normalized spacial score (nSPS) is 12.0. The Kier molecular flexibility index (Phi) is 5.17. The minimum absolute atomic E-state index is 0.116. The van der Waals surface area contributed by atoms with Gasteiger partial charge in [-0.05, 0) is 30.2 Å². The fraction of sp³-hybridized carbons (Fsp3) is 0.294. The lowest BCUT2D eigenvalue weighted by Crippen LogP contribution is -2.04. The second-order valence-electron chi connectivity index (χ2n) is 4.69. The number of rotatable bonds is 6. The number of ether oxygens (including phenoxy) is 2. The van der Waals surface area contributed by atoms with Crippen LogP contribution in [0.1, 0.15) is 30.6 Å². The first-order valence-corrected chi connectivity index (χ1v) is 6.90. The van der Waals surface area contributed by atoms with Gasteiger partial charge in [-0.3, -0.25) is 0 Å². The highest BCUT2D eigenvalue weighted by molar-refractivity contribution is 5.39. The summed E-state index contributed by atoms with van der Waals surface area (Å²) >= 11 is 0. The predicted molar refractivity (Wildman–Crippen MR) is 79.2 cm³/mol. The molecule has 2 aromatic rings. The van der Waals surface area contributed by atoms with E-state index in [1.807, 2.05) is 13.0 Å². The van der Waals surface area contributed by atoms with Crippen molar-refractivity contribution in [2.24, 2.45) is 0 Å². The van der Waals surface area contributed by atoms with Crippen molar-refractivity contribution in [3.05, 3.63) is 59.4 Å². The monoisotopic (exact) mass is 290 g/mol. The van der Waals surface area contributed by atoms with Gasteiger partial charge in [0.15, 0.2) is 11.6 Å². The number of aliphatic hydroxyl groups excluding tert-OH is 1. The molecule has 2 rings (SSSR count). The van der Waals surface area contributed by atoms with E-state index in [1.165, 1.54) is 13.2 Å². The van der Waals surface area contributed by atoms with Crippen molar-refractivity contribution in [3.63, 3.8) is 0 Å². The Morgan fingerprint density at radius 3 is 2.67 bits per heavy atom. The van der Waals surface area contributed by atoms with Crippen LogP contribution in [-0.2, 0) is 0 Å². The van der Waals surface area contributed by atoms with Crippen molar-refractivity contribution in [3.8, 4) is 11.5 Å². The van der Waals surface area contributed by atoms with Crippen molar-refractivity contribution in [2.75, 3.05) is 13.7 Å². The lowest BCUT2D eigenvalue weighted by molar-refractivity contribution is 0.212. The molecule has 112 valence electrons. The fourth-order valence-electron chi connectivity index (χ4n) is 2.07. The molecule has 3 nitrogen and oxygen atoms in total. The highest BCUT2D eigenvalue weighted by Crippen LogP contribution is 2.30. The van der Waals surface area contributed by atoms with Crippen LogP contribution in [0.15, 0.2) is 42.5 Å². The molecule has 0 aromatic heterocycles. The molecule has 0 saturated carbocycles. The van der Waals surface area contributed by atoms with Crippen molar-refractivity contribution in [1.82, 2.24) is 0 Å². The Bertz CT molecular complexity index is 598. The van der Waals surface area contributed by atoms with Crippen molar-refractivity contribution >= 4 is 0 Å². The van der Waals surface area contributed by atoms with Crippen LogP contribution in [0, 0.1) is 5.82 Å². The van der Waals surface area contributed by atoms with Crippen molar-refractivity contribution in [1.29, 1.82) is 0 Å². The van der Waals surface area contributed by atoms with Gasteiger partial charge in [0.2, 0.25) is 0 Å². The highest BCUT2D eigenvalue weighted by Gasteiger charge is 2.18. The Morgan fingerprint density at radius 2 is 1.95 bits per heavy atom. The first kappa shape index (κ1) is 15.3. The molecule has 0 heterocycles. The van der Waals surface area contributed by atoms with E-state index in [-0.39, 0.29) is 11.3 Å². The molecular weight excluding hydrogens is 271 g/mol. The van der Waals surface area contributed by atoms with E-state index < -0.39 is 11.9 Å². The number of methoxy groups -OCH3 is 1. The number of hydrogen-bond donors (Lipinski definition) is 1. The molecular formula is C17H19FO3. The maximum atomic E-state index is 14.2.